The van der Waals surface area contributed by atoms with Crippen molar-refractivity contribution in [2.45, 2.75) is 31.8 Å². The van der Waals surface area contributed by atoms with Gasteiger partial charge in [-0.3, -0.25) is 4.79 Å². The van der Waals surface area contributed by atoms with Crippen LogP contribution in [0.25, 0.3) is 11.3 Å². The molecule has 0 amide bonds. The second-order valence-corrected chi connectivity index (χ2v) is 7.46. The molecule has 5 nitrogen and oxygen atoms in total. The first-order chi connectivity index (χ1) is 13.0. The highest BCUT2D eigenvalue weighted by atomic mass is 35.5. The molecule has 0 saturated heterocycles. The van der Waals surface area contributed by atoms with Gasteiger partial charge in [-0.15, -0.1) is 0 Å². The molecule has 1 aromatic carbocycles. The Labute approximate surface area is 161 Å². The van der Waals surface area contributed by atoms with Crippen molar-refractivity contribution in [1.82, 2.24) is 4.98 Å². The quantitative estimate of drug-likeness (QED) is 0.748. The zero-order chi connectivity index (χ0) is 19.0. The van der Waals surface area contributed by atoms with Crippen molar-refractivity contribution >= 4 is 17.6 Å². The van der Waals surface area contributed by atoms with Crippen molar-refractivity contribution < 1.29 is 23.8 Å². The first kappa shape index (κ1) is 18.0. The predicted molar refractivity (Wildman–Crippen MR) is 97.6 cm³/mol. The molecule has 1 N–H and O–H groups in total. The van der Waals surface area contributed by atoms with Crippen molar-refractivity contribution in [3.8, 4) is 22.9 Å². The SMILES string of the molecule is O=C(O)C1CC1COc1c(F)cc(-c2cccc(OC3CCC3)n2)cc1Cl. The number of pyridine rings is 1. The molecule has 2 atom stereocenters. The third kappa shape index (κ3) is 4.00. The molecular weight excluding hydrogens is 373 g/mol. The van der Waals surface area contributed by atoms with Gasteiger partial charge in [-0.1, -0.05) is 17.7 Å². The fraction of sp³-hybridized carbons (Fsp3) is 0.400. The molecule has 0 bridgehead atoms. The Kier molecular flexibility index (Phi) is 4.91. The Balaban J connectivity index is 1.48. The summed E-state index contributed by atoms with van der Waals surface area (Å²) < 4.78 is 25.7. The molecule has 1 aromatic heterocycles. The number of nitrogens with zero attached hydrogens (tertiary/aromatic N) is 1. The number of hydrogen-bond donors (Lipinski definition) is 1. The molecule has 2 fully saturated rings. The summed E-state index contributed by atoms with van der Waals surface area (Å²) in [7, 11) is 0. The summed E-state index contributed by atoms with van der Waals surface area (Å²) in [5.74, 6) is -1.49. The second kappa shape index (κ2) is 7.35. The zero-order valence-electron chi connectivity index (χ0n) is 14.5. The lowest BCUT2D eigenvalue weighted by Gasteiger charge is -2.25. The Morgan fingerprint density at radius 1 is 1.33 bits per heavy atom. The highest BCUT2D eigenvalue weighted by molar-refractivity contribution is 6.32. The van der Waals surface area contributed by atoms with Gasteiger partial charge in [-0.2, -0.15) is 0 Å². The van der Waals surface area contributed by atoms with Crippen molar-refractivity contribution in [1.29, 1.82) is 0 Å². The van der Waals surface area contributed by atoms with Gasteiger partial charge in [-0.25, -0.2) is 9.37 Å². The highest BCUT2D eigenvalue weighted by Gasteiger charge is 2.43. The largest absolute Gasteiger partial charge is 0.489 e. The molecule has 2 unspecified atom stereocenters. The predicted octanol–water partition coefficient (Wildman–Crippen LogP) is 4.57. The third-order valence-corrected chi connectivity index (χ3v) is 5.32. The van der Waals surface area contributed by atoms with Gasteiger partial charge in [0, 0.05) is 17.5 Å². The van der Waals surface area contributed by atoms with Crippen LogP contribution in [0.1, 0.15) is 25.7 Å². The molecule has 0 radical (unpaired) electrons. The number of aromatic nitrogens is 1. The van der Waals surface area contributed by atoms with Crippen molar-refractivity contribution in [2.75, 3.05) is 6.61 Å². The molecule has 2 aliphatic carbocycles. The van der Waals surface area contributed by atoms with Gasteiger partial charge < -0.3 is 14.6 Å². The summed E-state index contributed by atoms with van der Waals surface area (Å²) in [4.78, 5) is 15.3. The molecule has 7 heteroatoms. The number of carbonyl (C=O) groups is 1. The van der Waals surface area contributed by atoms with E-state index in [4.69, 9.17) is 26.2 Å². The van der Waals surface area contributed by atoms with Crippen LogP contribution < -0.4 is 9.47 Å². The number of carboxylic acid groups (broad SMARTS) is 1. The molecule has 4 rings (SSSR count). The topological polar surface area (TPSA) is 68.7 Å². The van der Waals surface area contributed by atoms with E-state index in [0.717, 1.165) is 12.8 Å². The number of rotatable bonds is 7. The Hall–Kier alpha value is -2.34. The number of aliphatic carboxylic acids is 1. The van der Waals surface area contributed by atoms with Crippen LogP contribution >= 0.6 is 11.6 Å². The standard InChI is InChI=1S/C20H19ClFNO4/c21-15-8-11(17-5-2-6-18(23-17)27-13-3-1-4-13)9-16(22)19(15)26-10-12-7-14(12)20(24)25/h2,5-6,8-9,12-14H,1,3-4,7,10H2,(H,24,25). The number of benzene rings is 1. The van der Waals surface area contributed by atoms with Gasteiger partial charge in [0.25, 0.3) is 0 Å². The summed E-state index contributed by atoms with van der Waals surface area (Å²) in [6.07, 6.45) is 3.98. The molecule has 0 spiro atoms. The van der Waals surface area contributed by atoms with Gasteiger partial charge in [0.1, 0.15) is 6.10 Å². The maximum atomic E-state index is 14.5. The van der Waals surface area contributed by atoms with E-state index in [2.05, 4.69) is 4.98 Å². The van der Waals surface area contributed by atoms with Crippen molar-refractivity contribution in [3.05, 3.63) is 41.2 Å². The summed E-state index contributed by atoms with van der Waals surface area (Å²) >= 11 is 6.20. The lowest BCUT2D eigenvalue weighted by atomic mass is 9.96. The smallest absolute Gasteiger partial charge is 0.306 e. The minimum absolute atomic E-state index is 0.0571. The summed E-state index contributed by atoms with van der Waals surface area (Å²) in [6.45, 7) is 0.135. The Morgan fingerprint density at radius 3 is 2.78 bits per heavy atom. The van der Waals surface area contributed by atoms with Crippen LogP contribution in [0.15, 0.2) is 30.3 Å². The normalized spacial score (nSPS) is 21.4. The van der Waals surface area contributed by atoms with Gasteiger partial charge >= 0.3 is 5.97 Å². The van der Waals surface area contributed by atoms with Crippen LogP contribution in [0.3, 0.4) is 0 Å². The molecule has 27 heavy (non-hydrogen) atoms. The zero-order valence-corrected chi connectivity index (χ0v) is 15.3. The minimum atomic E-state index is -0.847. The van der Waals surface area contributed by atoms with Crippen LogP contribution in [0.2, 0.25) is 5.02 Å². The first-order valence-electron chi connectivity index (χ1n) is 9.00. The van der Waals surface area contributed by atoms with Crippen molar-refractivity contribution in [2.24, 2.45) is 11.8 Å². The summed E-state index contributed by atoms with van der Waals surface area (Å²) in [6, 6.07) is 8.27. The van der Waals surface area contributed by atoms with Gasteiger partial charge in [-0.05, 0) is 43.9 Å². The lowest BCUT2D eigenvalue weighted by Crippen LogP contribution is -2.24. The fourth-order valence-corrected chi connectivity index (χ4v) is 3.33. The molecule has 0 aliphatic heterocycles. The van der Waals surface area contributed by atoms with Crippen LogP contribution in [0.4, 0.5) is 4.39 Å². The monoisotopic (exact) mass is 391 g/mol. The van der Waals surface area contributed by atoms with E-state index in [9.17, 15) is 9.18 Å². The molecule has 2 saturated carbocycles. The van der Waals surface area contributed by atoms with E-state index < -0.39 is 17.7 Å². The first-order valence-corrected chi connectivity index (χ1v) is 9.38. The van der Waals surface area contributed by atoms with E-state index >= 15 is 0 Å². The van der Waals surface area contributed by atoms with Crippen LogP contribution in [0.5, 0.6) is 11.6 Å². The number of halogens is 2. The number of hydrogen-bond acceptors (Lipinski definition) is 4. The van der Waals surface area contributed by atoms with Crippen LogP contribution in [0, 0.1) is 17.7 Å². The molecule has 2 aliphatic rings. The maximum absolute atomic E-state index is 14.5. The van der Waals surface area contributed by atoms with E-state index in [0.29, 0.717) is 23.6 Å². The average Bonchev–Trinajstić information content (AvgIpc) is 3.37. The highest BCUT2D eigenvalue weighted by Crippen LogP contribution is 2.40. The number of carboxylic acids is 1. The summed E-state index contributed by atoms with van der Waals surface area (Å²) in [5.41, 5.74) is 1.09. The van der Waals surface area contributed by atoms with E-state index in [1.165, 1.54) is 12.5 Å². The van der Waals surface area contributed by atoms with Crippen LogP contribution in [-0.2, 0) is 4.79 Å². The van der Waals surface area contributed by atoms with Gasteiger partial charge in [0.15, 0.2) is 11.6 Å². The average molecular weight is 392 g/mol. The summed E-state index contributed by atoms with van der Waals surface area (Å²) in [5, 5.41) is 9.05. The maximum Gasteiger partial charge on any atom is 0.306 e. The minimum Gasteiger partial charge on any atom is -0.489 e. The molecule has 2 aromatic rings. The van der Waals surface area contributed by atoms with Crippen molar-refractivity contribution in [3.63, 3.8) is 0 Å². The van der Waals surface area contributed by atoms with Crippen LogP contribution in [-0.4, -0.2) is 28.8 Å². The lowest BCUT2D eigenvalue weighted by molar-refractivity contribution is -0.138. The van der Waals surface area contributed by atoms with E-state index in [1.807, 2.05) is 6.07 Å². The molecular formula is C20H19ClFNO4. The third-order valence-electron chi connectivity index (χ3n) is 5.04. The Bertz CT molecular complexity index is 848. The van der Waals surface area contributed by atoms with E-state index in [-0.39, 0.29) is 29.4 Å². The van der Waals surface area contributed by atoms with Gasteiger partial charge in [0.2, 0.25) is 5.88 Å². The van der Waals surface area contributed by atoms with E-state index in [1.54, 1.807) is 18.2 Å². The fourth-order valence-electron chi connectivity index (χ4n) is 3.07. The molecule has 142 valence electrons. The Morgan fingerprint density at radius 2 is 2.15 bits per heavy atom. The van der Waals surface area contributed by atoms with Gasteiger partial charge in [0.05, 0.1) is 23.2 Å². The number of ether oxygens (including phenoxy) is 2. The second-order valence-electron chi connectivity index (χ2n) is 7.05. The molecule has 1 heterocycles.